The highest BCUT2D eigenvalue weighted by atomic mass is 32.1. The highest BCUT2D eigenvalue weighted by molar-refractivity contribution is 7.07. The van der Waals surface area contributed by atoms with Gasteiger partial charge in [-0.25, -0.2) is 9.97 Å². The highest BCUT2D eigenvalue weighted by Crippen LogP contribution is 2.15. The number of carbonyl (C=O) groups is 1. The molecule has 3 aromatic rings. The van der Waals surface area contributed by atoms with E-state index < -0.39 is 0 Å². The molecule has 0 radical (unpaired) electrons. The molecule has 1 atom stereocenters. The number of nitrogens with zero attached hydrogens (tertiary/aromatic N) is 3. The zero-order chi connectivity index (χ0) is 18.4. The maximum absolute atomic E-state index is 12.5. The van der Waals surface area contributed by atoms with Crippen LogP contribution in [-0.2, 0) is 6.42 Å². The first kappa shape index (κ1) is 18.2. The molecule has 0 aliphatic heterocycles. The van der Waals surface area contributed by atoms with Crippen molar-refractivity contribution in [3.05, 3.63) is 64.4 Å². The summed E-state index contributed by atoms with van der Waals surface area (Å²) in [6.07, 6.45) is 5.64. The van der Waals surface area contributed by atoms with Crippen molar-refractivity contribution in [2.45, 2.75) is 13.3 Å². The second-order valence-electron chi connectivity index (χ2n) is 6.03. The second kappa shape index (κ2) is 8.64. The lowest BCUT2D eigenvalue weighted by Crippen LogP contribution is -2.32. The number of rotatable bonds is 7. The molecule has 6 nitrogen and oxygen atoms in total. The van der Waals surface area contributed by atoms with Crippen LogP contribution in [0.15, 0.2) is 47.5 Å². The zero-order valence-corrected chi connectivity index (χ0v) is 15.2. The van der Waals surface area contributed by atoms with E-state index in [0.717, 1.165) is 12.0 Å². The maximum Gasteiger partial charge on any atom is 0.254 e. The first-order valence-electron chi connectivity index (χ1n) is 8.31. The summed E-state index contributed by atoms with van der Waals surface area (Å²) in [6.45, 7) is 2.20. The molecule has 3 rings (SSSR count). The van der Waals surface area contributed by atoms with Crippen LogP contribution in [0.1, 0.15) is 21.6 Å². The van der Waals surface area contributed by atoms with Crippen LogP contribution >= 0.6 is 11.3 Å². The molecule has 1 amide bonds. The lowest BCUT2D eigenvalue weighted by Gasteiger charge is -2.15. The van der Waals surface area contributed by atoms with Crippen molar-refractivity contribution in [1.29, 1.82) is 0 Å². The Morgan fingerprint density at radius 1 is 1.35 bits per heavy atom. The molecule has 3 heterocycles. The van der Waals surface area contributed by atoms with Gasteiger partial charge < -0.3 is 10.4 Å². The quantitative estimate of drug-likeness (QED) is 0.669. The van der Waals surface area contributed by atoms with Crippen molar-refractivity contribution in [3.63, 3.8) is 0 Å². The van der Waals surface area contributed by atoms with Gasteiger partial charge in [-0.15, -0.1) is 0 Å². The van der Waals surface area contributed by atoms with Crippen molar-refractivity contribution >= 4 is 17.2 Å². The summed E-state index contributed by atoms with van der Waals surface area (Å²) in [7, 11) is 0. The van der Waals surface area contributed by atoms with Crippen LogP contribution in [0.2, 0.25) is 0 Å². The van der Waals surface area contributed by atoms with E-state index in [9.17, 15) is 9.90 Å². The van der Waals surface area contributed by atoms with Gasteiger partial charge in [-0.2, -0.15) is 11.3 Å². The minimum absolute atomic E-state index is 0.0194. The monoisotopic (exact) mass is 368 g/mol. The third-order valence-electron chi connectivity index (χ3n) is 4.06. The van der Waals surface area contributed by atoms with Crippen molar-refractivity contribution in [2.75, 3.05) is 13.2 Å². The summed E-state index contributed by atoms with van der Waals surface area (Å²) >= 11 is 1.62. The number of hydrogen-bond donors (Lipinski definition) is 2. The van der Waals surface area contributed by atoms with E-state index in [1.165, 1.54) is 11.8 Å². The zero-order valence-electron chi connectivity index (χ0n) is 14.4. The molecule has 0 fully saturated rings. The molecular formula is C19H20N4O2S. The van der Waals surface area contributed by atoms with Crippen LogP contribution in [0.3, 0.4) is 0 Å². The molecule has 7 heteroatoms. The molecule has 0 aliphatic carbocycles. The van der Waals surface area contributed by atoms with Gasteiger partial charge >= 0.3 is 0 Å². The largest absolute Gasteiger partial charge is 0.396 e. The van der Waals surface area contributed by atoms with Crippen LogP contribution < -0.4 is 5.32 Å². The topological polar surface area (TPSA) is 88.0 Å². The van der Waals surface area contributed by atoms with E-state index in [-0.39, 0.29) is 18.4 Å². The molecule has 3 aromatic heterocycles. The first-order chi connectivity index (χ1) is 12.7. The number of carbonyl (C=O) groups excluding carboxylic acids is 1. The molecule has 134 valence electrons. The summed E-state index contributed by atoms with van der Waals surface area (Å²) in [5.74, 6) is 0.284. The van der Waals surface area contributed by atoms with Crippen LogP contribution in [-0.4, -0.2) is 39.1 Å². The van der Waals surface area contributed by atoms with E-state index in [4.69, 9.17) is 0 Å². The molecular weight excluding hydrogens is 348 g/mol. The molecule has 0 aromatic carbocycles. The second-order valence-corrected chi connectivity index (χ2v) is 6.81. The van der Waals surface area contributed by atoms with E-state index in [2.05, 4.69) is 25.6 Å². The Hall–Kier alpha value is -2.64. The lowest BCUT2D eigenvalue weighted by atomic mass is 10.0. The molecule has 0 unspecified atom stereocenters. The highest BCUT2D eigenvalue weighted by Gasteiger charge is 2.15. The summed E-state index contributed by atoms with van der Waals surface area (Å²) in [5, 5.41) is 16.5. The third-order valence-corrected chi connectivity index (χ3v) is 4.79. The summed E-state index contributed by atoms with van der Waals surface area (Å²) in [5.41, 5.74) is 3.02. The van der Waals surface area contributed by atoms with E-state index >= 15 is 0 Å². The van der Waals surface area contributed by atoms with Gasteiger partial charge in [0.2, 0.25) is 0 Å². The van der Waals surface area contributed by atoms with Crippen LogP contribution in [0.25, 0.3) is 11.4 Å². The van der Waals surface area contributed by atoms with Gasteiger partial charge in [0.25, 0.3) is 5.91 Å². The number of amides is 1. The smallest absolute Gasteiger partial charge is 0.254 e. The number of aliphatic hydroxyl groups is 1. The van der Waals surface area contributed by atoms with E-state index in [1.807, 2.05) is 23.6 Å². The number of thiophene rings is 1. The summed E-state index contributed by atoms with van der Waals surface area (Å²) in [4.78, 5) is 25.2. The number of nitrogens with one attached hydrogen (secondary N) is 1. The van der Waals surface area contributed by atoms with Crippen LogP contribution in [0.5, 0.6) is 0 Å². The number of pyridine rings is 1. The van der Waals surface area contributed by atoms with Crippen molar-refractivity contribution in [2.24, 2.45) is 5.92 Å². The first-order valence-corrected chi connectivity index (χ1v) is 9.26. The molecule has 26 heavy (non-hydrogen) atoms. The van der Waals surface area contributed by atoms with Gasteiger partial charge in [-0.3, -0.25) is 9.78 Å². The Labute approximate surface area is 156 Å². The molecule has 0 spiro atoms. The Kier molecular flexibility index (Phi) is 6.04. The number of aromatic nitrogens is 3. The van der Waals surface area contributed by atoms with E-state index in [1.54, 1.807) is 30.7 Å². The van der Waals surface area contributed by atoms with Gasteiger partial charge in [-0.1, -0.05) is 0 Å². The minimum atomic E-state index is -0.232. The number of hydrogen-bond acceptors (Lipinski definition) is 6. The van der Waals surface area contributed by atoms with Crippen molar-refractivity contribution in [1.82, 2.24) is 20.3 Å². The van der Waals surface area contributed by atoms with Gasteiger partial charge in [0.15, 0.2) is 5.82 Å². The van der Waals surface area contributed by atoms with Crippen LogP contribution in [0, 0.1) is 12.8 Å². The summed E-state index contributed by atoms with van der Waals surface area (Å²) < 4.78 is 0. The standard InChI is InChI=1S/C19H20N4O2S/c1-13-17(10-21-18(23-13)16-3-2-5-20-9-16)19(25)22-8-15(11-24)7-14-4-6-26-12-14/h2-6,9-10,12,15,24H,7-8,11H2,1H3,(H,22,25)/t15-/m1/s1. The maximum atomic E-state index is 12.5. The average molecular weight is 368 g/mol. The Bertz CT molecular complexity index is 853. The fourth-order valence-electron chi connectivity index (χ4n) is 2.60. The fourth-order valence-corrected chi connectivity index (χ4v) is 3.28. The average Bonchev–Trinajstić information content (AvgIpc) is 3.18. The van der Waals surface area contributed by atoms with Gasteiger partial charge in [0.05, 0.1) is 11.3 Å². The number of aryl methyl sites for hydroxylation is 1. The molecule has 0 aliphatic rings. The lowest BCUT2D eigenvalue weighted by molar-refractivity contribution is 0.0938. The SMILES string of the molecule is Cc1nc(-c2cccnc2)ncc1C(=O)NC[C@H](CO)Cc1ccsc1. The minimum Gasteiger partial charge on any atom is -0.396 e. The Balaban J connectivity index is 1.64. The van der Waals surface area contributed by atoms with Crippen molar-refractivity contribution in [3.8, 4) is 11.4 Å². The summed E-state index contributed by atoms with van der Waals surface area (Å²) in [6, 6.07) is 5.72. The molecule has 0 saturated carbocycles. The van der Waals surface area contributed by atoms with Crippen LogP contribution in [0.4, 0.5) is 0 Å². The van der Waals surface area contributed by atoms with Gasteiger partial charge in [0.1, 0.15) is 0 Å². The normalized spacial score (nSPS) is 11.9. The van der Waals surface area contributed by atoms with Crippen molar-refractivity contribution < 1.29 is 9.90 Å². The molecule has 2 N–H and O–H groups in total. The third kappa shape index (κ3) is 4.50. The molecule has 0 bridgehead atoms. The Morgan fingerprint density at radius 3 is 2.88 bits per heavy atom. The number of aliphatic hydroxyl groups excluding tert-OH is 1. The van der Waals surface area contributed by atoms with E-state index in [0.29, 0.717) is 23.6 Å². The Morgan fingerprint density at radius 2 is 2.23 bits per heavy atom. The van der Waals surface area contributed by atoms with Gasteiger partial charge in [-0.05, 0) is 47.9 Å². The predicted molar refractivity (Wildman–Crippen MR) is 101 cm³/mol. The van der Waals surface area contributed by atoms with Gasteiger partial charge in [0, 0.05) is 43.2 Å². The molecule has 0 saturated heterocycles. The fraction of sp³-hybridized carbons (Fsp3) is 0.263. The predicted octanol–water partition coefficient (Wildman–Crippen LogP) is 2.49.